The Morgan fingerprint density at radius 1 is 1.29 bits per heavy atom. The van der Waals surface area contributed by atoms with Crippen LogP contribution in [0, 0.1) is 5.92 Å². The maximum absolute atomic E-state index is 12.3. The first kappa shape index (κ1) is 14.8. The molecule has 3 rings (SSSR count). The lowest BCUT2D eigenvalue weighted by Gasteiger charge is -2.25. The van der Waals surface area contributed by atoms with Crippen LogP contribution in [0.1, 0.15) is 35.4 Å². The maximum Gasteiger partial charge on any atom is 0.262 e. The van der Waals surface area contributed by atoms with Crippen molar-refractivity contribution in [1.29, 1.82) is 0 Å². The number of aliphatic hydroxyl groups excluding tert-OH is 1. The van der Waals surface area contributed by atoms with Gasteiger partial charge in [-0.3, -0.25) is 4.79 Å². The van der Waals surface area contributed by atoms with E-state index in [4.69, 9.17) is 11.6 Å². The topological polar surface area (TPSA) is 49.3 Å². The number of aliphatic hydroxyl groups is 1. The lowest BCUT2D eigenvalue weighted by atomic mass is 9.87. The van der Waals surface area contributed by atoms with Crippen LogP contribution in [0.5, 0.6) is 0 Å². The summed E-state index contributed by atoms with van der Waals surface area (Å²) >= 11 is 7.74. The highest BCUT2D eigenvalue weighted by atomic mass is 35.5. The largest absolute Gasteiger partial charge is 0.393 e. The molecule has 21 heavy (non-hydrogen) atoms. The zero-order valence-corrected chi connectivity index (χ0v) is 13.2. The third kappa shape index (κ3) is 3.23. The van der Waals surface area contributed by atoms with Crippen molar-refractivity contribution >= 4 is 38.9 Å². The van der Waals surface area contributed by atoms with Crippen LogP contribution in [0.4, 0.5) is 0 Å². The first-order chi connectivity index (χ1) is 10.1. The van der Waals surface area contributed by atoms with E-state index in [9.17, 15) is 9.90 Å². The molecule has 0 radical (unpaired) electrons. The zero-order chi connectivity index (χ0) is 14.8. The summed E-state index contributed by atoms with van der Waals surface area (Å²) in [5.41, 5.74) is 0. The minimum Gasteiger partial charge on any atom is -0.393 e. The summed E-state index contributed by atoms with van der Waals surface area (Å²) in [6.45, 7) is 0.663. The summed E-state index contributed by atoms with van der Waals surface area (Å²) < 4.78 is 1.04. The molecule has 0 aliphatic heterocycles. The Hall–Kier alpha value is -1.10. The maximum atomic E-state index is 12.3. The second-order valence-corrected chi connectivity index (χ2v) is 7.06. The number of thiophene rings is 1. The normalized spacial score (nSPS) is 22.4. The van der Waals surface area contributed by atoms with Crippen molar-refractivity contribution < 1.29 is 9.90 Å². The molecule has 1 fully saturated rings. The lowest BCUT2D eigenvalue weighted by molar-refractivity contribution is 0.0914. The van der Waals surface area contributed by atoms with E-state index >= 15 is 0 Å². The second kappa shape index (κ2) is 6.34. The fourth-order valence-electron chi connectivity index (χ4n) is 2.83. The van der Waals surface area contributed by atoms with Gasteiger partial charge in [-0.15, -0.1) is 11.3 Å². The number of carbonyl (C=O) groups excluding carboxylic acids is 1. The predicted octanol–water partition coefficient (Wildman–Crippen LogP) is 3.84. The van der Waals surface area contributed by atoms with Crippen LogP contribution in [-0.4, -0.2) is 23.7 Å². The van der Waals surface area contributed by atoms with Crippen molar-refractivity contribution in [2.24, 2.45) is 5.92 Å². The SMILES string of the molecule is O=C(NCC1CCC(O)CC1)c1sc2ccccc2c1Cl. The third-order valence-corrected chi connectivity index (χ3v) is 5.78. The van der Waals surface area contributed by atoms with E-state index in [-0.39, 0.29) is 12.0 Å². The Labute approximate surface area is 132 Å². The highest BCUT2D eigenvalue weighted by Crippen LogP contribution is 2.35. The zero-order valence-electron chi connectivity index (χ0n) is 11.6. The van der Waals surface area contributed by atoms with E-state index in [0.717, 1.165) is 35.8 Å². The van der Waals surface area contributed by atoms with E-state index in [1.807, 2.05) is 24.3 Å². The highest BCUT2D eigenvalue weighted by molar-refractivity contribution is 7.21. The summed E-state index contributed by atoms with van der Waals surface area (Å²) in [7, 11) is 0. The summed E-state index contributed by atoms with van der Waals surface area (Å²) in [6.07, 6.45) is 3.46. The van der Waals surface area contributed by atoms with E-state index in [0.29, 0.717) is 22.4 Å². The van der Waals surface area contributed by atoms with Crippen LogP contribution in [0.3, 0.4) is 0 Å². The molecule has 1 aromatic carbocycles. The minimum atomic E-state index is -0.158. The molecular formula is C16H18ClNO2S. The van der Waals surface area contributed by atoms with Gasteiger partial charge >= 0.3 is 0 Å². The van der Waals surface area contributed by atoms with Crippen LogP contribution in [-0.2, 0) is 0 Å². The summed E-state index contributed by atoms with van der Waals surface area (Å²) in [5, 5.41) is 14.0. The Morgan fingerprint density at radius 3 is 2.71 bits per heavy atom. The predicted molar refractivity (Wildman–Crippen MR) is 87.1 cm³/mol. The first-order valence-electron chi connectivity index (χ1n) is 7.28. The Kier molecular flexibility index (Phi) is 4.48. The molecule has 2 aromatic rings. The van der Waals surface area contributed by atoms with Gasteiger partial charge in [0.1, 0.15) is 4.88 Å². The van der Waals surface area contributed by atoms with Crippen molar-refractivity contribution in [3.05, 3.63) is 34.2 Å². The number of fused-ring (bicyclic) bond motifs is 1. The molecule has 3 nitrogen and oxygen atoms in total. The van der Waals surface area contributed by atoms with Crippen LogP contribution in [0.2, 0.25) is 5.02 Å². The highest BCUT2D eigenvalue weighted by Gasteiger charge is 2.21. The molecule has 5 heteroatoms. The smallest absolute Gasteiger partial charge is 0.262 e. The molecule has 0 unspecified atom stereocenters. The average molecular weight is 324 g/mol. The molecule has 1 saturated carbocycles. The van der Waals surface area contributed by atoms with Gasteiger partial charge < -0.3 is 10.4 Å². The number of halogens is 1. The minimum absolute atomic E-state index is 0.0904. The van der Waals surface area contributed by atoms with Crippen molar-refractivity contribution in [2.45, 2.75) is 31.8 Å². The molecule has 1 aliphatic carbocycles. The van der Waals surface area contributed by atoms with Crippen molar-refractivity contribution in [2.75, 3.05) is 6.54 Å². The monoisotopic (exact) mass is 323 g/mol. The molecule has 0 saturated heterocycles. The van der Waals surface area contributed by atoms with Crippen molar-refractivity contribution in [3.8, 4) is 0 Å². The molecule has 1 heterocycles. The number of nitrogens with one attached hydrogen (secondary N) is 1. The van der Waals surface area contributed by atoms with E-state index in [2.05, 4.69) is 5.32 Å². The molecule has 112 valence electrons. The van der Waals surface area contributed by atoms with Crippen molar-refractivity contribution in [3.63, 3.8) is 0 Å². The van der Waals surface area contributed by atoms with E-state index in [1.165, 1.54) is 11.3 Å². The van der Waals surface area contributed by atoms with Crippen LogP contribution in [0.25, 0.3) is 10.1 Å². The van der Waals surface area contributed by atoms with Gasteiger partial charge in [-0.25, -0.2) is 0 Å². The average Bonchev–Trinajstić information content (AvgIpc) is 2.84. The van der Waals surface area contributed by atoms with Gasteiger partial charge in [0.05, 0.1) is 11.1 Å². The number of benzene rings is 1. The third-order valence-electron chi connectivity index (χ3n) is 4.11. The molecule has 0 bridgehead atoms. The number of rotatable bonds is 3. The van der Waals surface area contributed by atoms with Gasteiger partial charge in [0.25, 0.3) is 5.91 Å². The summed E-state index contributed by atoms with van der Waals surface area (Å²) in [5.74, 6) is 0.373. The van der Waals surface area contributed by atoms with Crippen molar-refractivity contribution in [1.82, 2.24) is 5.32 Å². The Bertz CT molecular complexity index is 647. The number of hydrogen-bond donors (Lipinski definition) is 2. The fourth-order valence-corrected chi connectivity index (χ4v) is 4.26. The van der Waals surface area contributed by atoms with Crippen LogP contribution >= 0.6 is 22.9 Å². The fraction of sp³-hybridized carbons (Fsp3) is 0.438. The quantitative estimate of drug-likeness (QED) is 0.901. The second-order valence-electron chi connectivity index (χ2n) is 5.63. The molecule has 1 aromatic heterocycles. The van der Waals surface area contributed by atoms with E-state index in [1.54, 1.807) is 0 Å². The van der Waals surface area contributed by atoms with Gasteiger partial charge in [0.2, 0.25) is 0 Å². The molecule has 2 N–H and O–H groups in total. The Balaban J connectivity index is 1.65. The van der Waals surface area contributed by atoms with Gasteiger partial charge in [-0.05, 0) is 37.7 Å². The van der Waals surface area contributed by atoms with Gasteiger partial charge in [-0.1, -0.05) is 29.8 Å². The Morgan fingerprint density at radius 2 is 2.00 bits per heavy atom. The molecular weight excluding hydrogens is 306 g/mol. The standard InChI is InChI=1S/C16H18ClNO2S/c17-14-12-3-1-2-4-13(12)21-15(14)16(20)18-9-10-5-7-11(19)8-6-10/h1-4,10-11,19H,5-9H2,(H,18,20). The number of carbonyl (C=O) groups is 1. The molecule has 0 spiro atoms. The van der Waals surface area contributed by atoms with Gasteiger partial charge in [0.15, 0.2) is 0 Å². The molecule has 0 atom stereocenters. The molecule has 1 amide bonds. The van der Waals surface area contributed by atoms with Crippen LogP contribution < -0.4 is 5.32 Å². The summed E-state index contributed by atoms with van der Waals surface area (Å²) in [6, 6.07) is 7.79. The number of amides is 1. The summed E-state index contributed by atoms with van der Waals surface area (Å²) in [4.78, 5) is 12.9. The van der Waals surface area contributed by atoms with Gasteiger partial charge in [-0.2, -0.15) is 0 Å². The molecule has 1 aliphatic rings. The number of hydrogen-bond acceptors (Lipinski definition) is 3. The first-order valence-corrected chi connectivity index (χ1v) is 8.48. The lowest BCUT2D eigenvalue weighted by Crippen LogP contribution is -2.31. The van der Waals surface area contributed by atoms with Crippen LogP contribution in [0.15, 0.2) is 24.3 Å². The van der Waals surface area contributed by atoms with Gasteiger partial charge in [0, 0.05) is 16.6 Å². The van der Waals surface area contributed by atoms with E-state index < -0.39 is 0 Å².